The van der Waals surface area contributed by atoms with E-state index in [0.29, 0.717) is 5.57 Å². The first-order valence-electron chi connectivity index (χ1n) is 3.47. The van der Waals surface area contributed by atoms with Crippen molar-refractivity contribution in [1.29, 1.82) is 0 Å². The minimum Gasteiger partial charge on any atom is -0.478 e. The van der Waals surface area contributed by atoms with E-state index in [1.165, 1.54) is 0 Å². The largest absolute Gasteiger partial charge is 0.478 e. The fourth-order valence-corrected chi connectivity index (χ4v) is 0.920. The van der Waals surface area contributed by atoms with Crippen molar-refractivity contribution < 1.29 is 9.90 Å². The summed E-state index contributed by atoms with van der Waals surface area (Å²) in [5.74, 6) is -0.676. The second kappa shape index (κ2) is 3.19. The Labute approximate surface area is 65.5 Å². The lowest BCUT2D eigenvalue weighted by atomic mass is 10.1. The third-order valence-corrected chi connectivity index (χ3v) is 1.56. The highest BCUT2D eigenvalue weighted by Crippen LogP contribution is 2.12. The monoisotopic (exact) mass is 150 g/mol. The number of aliphatic carboxylic acids is 1. The molecule has 0 saturated heterocycles. The molecule has 0 aromatic rings. The number of carboxylic acid groups (broad SMARTS) is 1. The van der Waals surface area contributed by atoms with Crippen LogP contribution in [0.4, 0.5) is 0 Å². The lowest BCUT2D eigenvalue weighted by Gasteiger charge is -1.97. The Morgan fingerprint density at radius 1 is 1.45 bits per heavy atom. The molecule has 0 spiro atoms. The van der Waals surface area contributed by atoms with Gasteiger partial charge in [0.2, 0.25) is 0 Å². The maximum absolute atomic E-state index is 10.4. The SMILES string of the molecule is CC(=CC1C=CC=C1)C(=O)O. The van der Waals surface area contributed by atoms with Crippen LogP contribution in [0.3, 0.4) is 0 Å². The molecule has 0 radical (unpaired) electrons. The molecule has 2 heteroatoms. The van der Waals surface area contributed by atoms with Crippen LogP contribution in [0.2, 0.25) is 0 Å². The Kier molecular flexibility index (Phi) is 2.26. The molecule has 0 aromatic heterocycles. The maximum atomic E-state index is 10.4. The first-order valence-corrected chi connectivity index (χ1v) is 3.47. The fraction of sp³-hybridized carbons (Fsp3) is 0.222. The van der Waals surface area contributed by atoms with Gasteiger partial charge in [0.15, 0.2) is 0 Å². The summed E-state index contributed by atoms with van der Waals surface area (Å²) in [6.45, 7) is 1.60. The van der Waals surface area contributed by atoms with E-state index in [2.05, 4.69) is 0 Å². The summed E-state index contributed by atoms with van der Waals surface area (Å²) in [6.07, 6.45) is 9.45. The van der Waals surface area contributed by atoms with Gasteiger partial charge in [0.25, 0.3) is 0 Å². The standard InChI is InChI=1S/C9H10O2/c1-7(9(10)11)6-8-4-2-3-5-8/h2-6,8H,1H3,(H,10,11). The van der Waals surface area contributed by atoms with Gasteiger partial charge in [0.05, 0.1) is 0 Å². The highest BCUT2D eigenvalue weighted by molar-refractivity contribution is 5.85. The molecule has 0 saturated carbocycles. The van der Waals surface area contributed by atoms with Crippen molar-refractivity contribution in [2.75, 3.05) is 0 Å². The minimum atomic E-state index is -0.848. The summed E-state index contributed by atoms with van der Waals surface area (Å²) in [4.78, 5) is 10.4. The van der Waals surface area contributed by atoms with Crippen molar-refractivity contribution in [1.82, 2.24) is 0 Å². The van der Waals surface area contributed by atoms with Gasteiger partial charge in [0.1, 0.15) is 0 Å². The van der Waals surface area contributed by atoms with Crippen molar-refractivity contribution in [3.63, 3.8) is 0 Å². The molecule has 0 unspecified atom stereocenters. The third-order valence-electron chi connectivity index (χ3n) is 1.56. The summed E-state index contributed by atoms with van der Waals surface area (Å²) in [7, 11) is 0. The number of rotatable bonds is 2. The Balaban J connectivity index is 2.64. The van der Waals surface area contributed by atoms with Crippen LogP contribution >= 0.6 is 0 Å². The van der Waals surface area contributed by atoms with Crippen molar-refractivity contribution in [3.05, 3.63) is 36.0 Å². The maximum Gasteiger partial charge on any atom is 0.330 e. The third kappa shape index (κ3) is 2.08. The fourth-order valence-electron chi connectivity index (χ4n) is 0.920. The minimum absolute atomic E-state index is 0.172. The second-order valence-electron chi connectivity index (χ2n) is 2.50. The molecule has 0 aromatic carbocycles. The first kappa shape index (κ1) is 7.79. The van der Waals surface area contributed by atoms with E-state index >= 15 is 0 Å². The summed E-state index contributed by atoms with van der Waals surface area (Å²) in [6, 6.07) is 0. The van der Waals surface area contributed by atoms with Crippen molar-refractivity contribution in [2.24, 2.45) is 5.92 Å². The molecule has 1 aliphatic carbocycles. The number of hydrogen-bond donors (Lipinski definition) is 1. The van der Waals surface area contributed by atoms with Crippen LogP contribution < -0.4 is 0 Å². The van der Waals surface area contributed by atoms with Crippen LogP contribution in [-0.2, 0) is 4.79 Å². The summed E-state index contributed by atoms with van der Waals surface area (Å²) >= 11 is 0. The van der Waals surface area contributed by atoms with E-state index in [1.807, 2.05) is 24.3 Å². The van der Waals surface area contributed by atoms with E-state index in [4.69, 9.17) is 5.11 Å². The zero-order chi connectivity index (χ0) is 8.27. The van der Waals surface area contributed by atoms with Gasteiger partial charge < -0.3 is 5.11 Å². The normalized spacial score (nSPS) is 17.7. The zero-order valence-corrected chi connectivity index (χ0v) is 6.32. The molecule has 0 aliphatic heterocycles. The molecule has 0 atom stereocenters. The van der Waals surface area contributed by atoms with E-state index in [-0.39, 0.29) is 5.92 Å². The summed E-state index contributed by atoms with van der Waals surface area (Å²) in [5.41, 5.74) is 0.395. The highest BCUT2D eigenvalue weighted by Gasteiger charge is 2.04. The number of carboxylic acids is 1. The quantitative estimate of drug-likeness (QED) is 0.609. The van der Waals surface area contributed by atoms with Crippen LogP contribution in [0, 0.1) is 5.92 Å². The van der Waals surface area contributed by atoms with E-state index in [1.54, 1.807) is 13.0 Å². The molecule has 1 N–H and O–H groups in total. The predicted molar refractivity (Wildman–Crippen MR) is 43.2 cm³/mol. The number of allylic oxidation sites excluding steroid dienone is 5. The van der Waals surface area contributed by atoms with Gasteiger partial charge in [-0.15, -0.1) is 0 Å². The second-order valence-corrected chi connectivity index (χ2v) is 2.50. The zero-order valence-electron chi connectivity index (χ0n) is 6.32. The van der Waals surface area contributed by atoms with Crippen molar-refractivity contribution in [3.8, 4) is 0 Å². The van der Waals surface area contributed by atoms with Gasteiger partial charge in [-0.05, 0) is 6.92 Å². The van der Waals surface area contributed by atoms with E-state index < -0.39 is 5.97 Å². The average Bonchev–Trinajstić information content (AvgIpc) is 2.39. The predicted octanol–water partition coefficient (Wildman–Crippen LogP) is 1.76. The topological polar surface area (TPSA) is 37.3 Å². The molecule has 1 rings (SSSR count). The van der Waals surface area contributed by atoms with Crippen LogP contribution in [0.1, 0.15) is 6.92 Å². The van der Waals surface area contributed by atoms with E-state index in [9.17, 15) is 4.79 Å². The summed E-state index contributed by atoms with van der Waals surface area (Å²) in [5, 5.41) is 8.53. The number of carbonyl (C=O) groups is 1. The van der Waals surface area contributed by atoms with Crippen LogP contribution in [0.25, 0.3) is 0 Å². The van der Waals surface area contributed by atoms with Gasteiger partial charge in [0, 0.05) is 11.5 Å². The van der Waals surface area contributed by atoms with Gasteiger partial charge in [-0.2, -0.15) is 0 Å². The van der Waals surface area contributed by atoms with Gasteiger partial charge >= 0.3 is 5.97 Å². The molecule has 0 bridgehead atoms. The van der Waals surface area contributed by atoms with Crippen LogP contribution in [0.5, 0.6) is 0 Å². The number of hydrogen-bond acceptors (Lipinski definition) is 1. The Bertz CT molecular complexity index is 234. The molecule has 2 nitrogen and oxygen atoms in total. The summed E-state index contributed by atoms with van der Waals surface area (Å²) < 4.78 is 0. The molecule has 0 heterocycles. The first-order chi connectivity index (χ1) is 5.20. The molecular weight excluding hydrogens is 140 g/mol. The molecular formula is C9H10O2. The lowest BCUT2D eigenvalue weighted by molar-refractivity contribution is -0.132. The van der Waals surface area contributed by atoms with Crippen molar-refractivity contribution >= 4 is 5.97 Å². The van der Waals surface area contributed by atoms with Gasteiger partial charge in [-0.3, -0.25) is 0 Å². The van der Waals surface area contributed by atoms with Gasteiger partial charge in [-0.25, -0.2) is 4.79 Å². The van der Waals surface area contributed by atoms with Crippen LogP contribution in [0.15, 0.2) is 36.0 Å². The molecule has 11 heavy (non-hydrogen) atoms. The van der Waals surface area contributed by atoms with Gasteiger partial charge in [-0.1, -0.05) is 30.4 Å². The smallest absolute Gasteiger partial charge is 0.330 e. The van der Waals surface area contributed by atoms with Crippen molar-refractivity contribution in [2.45, 2.75) is 6.92 Å². The molecule has 0 amide bonds. The highest BCUT2D eigenvalue weighted by atomic mass is 16.4. The molecule has 1 aliphatic rings. The Morgan fingerprint density at radius 3 is 2.45 bits per heavy atom. The Hall–Kier alpha value is -1.31. The molecule has 58 valence electrons. The Morgan fingerprint density at radius 2 is 2.00 bits per heavy atom. The van der Waals surface area contributed by atoms with E-state index in [0.717, 1.165) is 0 Å². The average molecular weight is 150 g/mol. The lowest BCUT2D eigenvalue weighted by Crippen LogP contribution is -1.98. The molecule has 0 fully saturated rings. The van der Waals surface area contributed by atoms with Crippen LogP contribution in [-0.4, -0.2) is 11.1 Å².